The van der Waals surface area contributed by atoms with E-state index in [-0.39, 0.29) is 28.9 Å². The van der Waals surface area contributed by atoms with E-state index in [2.05, 4.69) is 52.0 Å². The second-order valence-electron chi connectivity index (χ2n) is 21.9. The summed E-state index contributed by atoms with van der Waals surface area (Å²) in [5.74, 6) is 4.17. The van der Waals surface area contributed by atoms with Crippen LogP contribution in [0.25, 0.3) is 90.6 Å². The van der Waals surface area contributed by atoms with Crippen LogP contribution in [0, 0.1) is 0 Å². The van der Waals surface area contributed by atoms with E-state index >= 15 is 0 Å². The van der Waals surface area contributed by atoms with Crippen molar-refractivity contribution < 1.29 is 48.5 Å². The molecule has 1 unspecified atom stereocenters. The maximum atomic E-state index is 12.2. The molecule has 0 amide bonds. The summed E-state index contributed by atoms with van der Waals surface area (Å²) >= 11 is 0. The van der Waals surface area contributed by atoms with Crippen LogP contribution in [0.1, 0.15) is 99.3 Å². The molecule has 92 heavy (non-hydrogen) atoms. The Kier molecular flexibility index (Phi) is 24.0. The van der Waals surface area contributed by atoms with E-state index in [1.165, 1.54) is 6.07 Å². The van der Waals surface area contributed by atoms with Gasteiger partial charge in [0.15, 0.2) is 41.1 Å². The average molecular weight is 1240 g/mol. The van der Waals surface area contributed by atoms with Gasteiger partial charge in [-0.05, 0) is 110 Å². The number of esters is 1. The van der Waals surface area contributed by atoms with Gasteiger partial charge in [-0.3, -0.25) is 0 Å². The first-order valence-corrected chi connectivity index (χ1v) is 31.8. The number of carbonyl (C=O) groups excluding carboxylic acids is 1. The quantitative estimate of drug-likeness (QED) is 0.0294. The minimum atomic E-state index is -0.829. The summed E-state index contributed by atoms with van der Waals surface area (Å²) in [5, 5.41) is 33.2. The van der Waals surface area contributed by atoms with E-state index in [4.69, 9.17) is 58.3 Å². The Morgan fingerprint density at radius 3 is 1.08 bits per heavy atom. The molecule has 8 aromatic carbocycles. The molecule has 0 fully saturated rings. The van der Waals surface area contributed by atoms with E-state index in [9.17, 15) is 20.1 Å². The smallest absolute Gasteiger partial charge is 0.347 e. The van der Waals surface area contributed by atoms with Crippen molar-refractivity contribution in [2.24, 2.45) is 0 Å². The van der Waals surface area contributed by atoms with Crippen molar-refractivity contribution in [3.05, 3.63) is 182 Å². The summed E-state index contributed by atoms with van der Waals surface area (Å²) in [5.41, 5.74) is 7.86. The van der Waals surface area contributed by atoms with Gasteiger partial charge in [0, 0.05) is 35.4 Å². The Morgan fingerprint density at radius 2 is 0.674 bits per heavy atom. The molecule has 16 nitrogen and oxygen atoms in total. The molecule has 0 saturated carbocycles. The van der Waals surface area contributed by atoms with Crippen molar-refractivity contribution in [2.75, 3.05) is 33.0 Å². The molecule has 2 heterocycles. The van der Waals surface area contributed by atoms with Crippen LogP contribution >= 0.6 is 0 Å². The Morgan fingerprint density at radius 1 is 0.348 bits per heavy atom. The maximum Gasteiger partial charge on any atom is 0.347 e. The fraction of sp³-hybridized carbons (Fsp3) is 0.276. The number of unbranched alkanes of at least 4 members (excludes halogenated alkanes) is 4. The summed E-state index contributed by atoms with van der Waals surface area (Å²) in [6, 6.07) is 57.0. The Bertz CT molecular complexity index is 3810. The molecule has 0 saturated heterocycles. The minimum Gasteiger partial charge on any atom is -0.507 e. The van der Waals surface area contributed by atoms with Gasteiger partial charge in [-0.25, -0.2) is 34.7 Å². The first-order valence-electron chi connectivity index (χ1n) is 31.8. The number of aromatic nitrogens is 6. The highest BCUT2D eigenvalue weighted by Gasteiger charge is 2.23. The van der Waals surface area contributed by atoms with Crippen molar-refractivity contribution in [3.8, 4) is 137 Å². The third kappa shape index (κ3) is 18.0. The third-order valence-electron chi connectivity index (χ3n) is 14.7. The molecular formula is C76H80N6O10. The normalized spacial score (nSPS) is 11.2. The van der Waals surface area contributed by atoms with Crippen molar-refractivity contribution in [1.29, 1.82) is 0 Å². The first-order chi connectivity index (χ1) is 44.9. The lowest BCUT2D eigenvalue weighted by Gasteiger charge is -2.15. The standard InChI is InChI=1S/C39H33N3O4.C37H47N3O6/c1-3-24-45-39(44)26(2)46-33-22-23-34(35(43)25-33)38-41-36(31-18-14-29(15-19-31)27-10-6-4-7-11-27)40-37(42-38)32-20-16-30(17-21-32)28-12-8-5-9-13-28;1-5-9-19-43-26-13-16-29(32(41)23-26)35-38-36(30-17-14-27(24-33(30)42)44-20-10-6-2)40-37(39-35)31-18-15-28(45-21-11-7-3)25-34(31)46-22-12-8-4/h4-23,25-26,43H,3,24H2,1-2H3;13-18,23-25,41-42H,5-12,19-22H2,1-4H3. The molecule has 474 valence electrons. The summed E-state index contributed by atoms with van der Waals surface area (Å²) in [6.07, 6.45) is 7.59. The lowest BCUT2D eigenvalue weighted by molar-refractivity contribution is -0.151. The summed E-state index contributed by atoms with van der Waals surface area (Å²) < 4.78 is 34.7. The number of benzene rings is 8. The highest BCUT2D eigenvalue weighted by Crippen LogP contribution is 2.40. The summed E-state index contributed by atoms with van der Waals surface area (Å²) in [7, 11) is 0. The second kappa shape index (κ2) is 33.5. The molecule has 0 aliphatic heterocycles. The van der Waals surface area contributed by atoms with E-state index in [1.807, 2.05) is 110 Å². The zero-order valence-electron chi connectivity index (χ0n) is 53.2. The molecule has 10 aromatic rings. The van der Waals surface area contributed by atoms with Crippen LogP contribution in [-0.4, -0.2) is 90.3 Å². The predicted molar refractivity (Wildman–Crippen MR) is 361 cm³/mol. The monoisotopic (exact) mass is 1240 g/mol. The summed E-state index contributed by atoms with van der Waals surface area (Å²) in [4.78, 5) is 40.9. The first kappa shape index (κ1) is 66.1. The Balaban J connectivity index is 0.000000217. The minimum absolute atomic E-state index is 0.0277. The van der Waals surface area contributed by atoms with Gasteiger partial charge < -0.3 is 43.7 Å². The molecule has 0 radical (unpaired) electrons. The topological polar surface area (TPSA) is 210 Å². The number of carbonyl (C=O) groups is 1. The Labute approximate surface area is 539 Å². The SMILES string of the molecule is CCCCOc1ccc(-c2nc(-c3ccc(OCCCC)cc3O)nc(-c3ccc(OCCCC)cc3OCCCC)n2)c(O)c1.CCCOC(=O)C(C)Oc1ccc(-c2nc(-c3ccc(-c4ccccc4)cc3)nc(-c3ccc(-c4ccccc4)cc3)n2)c(O)c1. The molecular weight excluding hydrogens is 1160 g/mol. The van der Waals surface area contributed by atoms with Gasteiger partial charge in [0.25, 0.3) is 0 Å². The van der Waals surface area contributed by atoms with E-state index in [0.717, 1.165) is 91.2 Å². The molecule has 3 N–H and O–H groups in total. The molecule has 0 spiro atoms. The van der Waals surface area contributed by atoms with E-state index in [0.29, 0.717) is 107 Å². The zero-order chi connectivity index (χ0) is 64.6. The van der Waals surface area contributed by atoms with Gasteiger partial charge in [-0.1, -0.05) is 169 Å². The Hall–Kier alpha value is -10.4. The average Bonchev–Trinajstić information content (AvgIpc) is 0.900. The van der Waals surface area contributed by atoms with Crippen LogP contribution in [0.5, 0.6) is 46.0 Å². The van der Waals surface area contributed by atoms with Crippen LogP contribution in [0.2, 0.25) is 0 Å². The molecule has 1 atom stereocenters. The molecule has 0 aliphatic carbocycles. The molecule has 0 aliphatic rings. The van der Waals surface area contributed by atoms with Gasteiger partial charge in [-0.15, -0.1) is 0 Å². The van der Waals surface area contributed by atoms with Gasteiger partial charge in [-0.2, -0.15) is 0 Å². The number of hydrogen-bond acceptors (Lipinski definition) is 16. The van der Waals surface area contributed by atoms with Gasteiger partial charge in [0.1, 0.15) is 46.0 Å². The number of phenolic OH excluding ortho intramolecular Hbond substituents is 3. The number of aromatic hydroxyl groups is 3. The van der Waals surface area contributed by atoms with Crippen LogP contribution in [-0.2, 0) is 9.53 Å². The van der Waals surface area contributed by atoms with Gasteiger partial charge in [0.2, 0.25) is 0 Å². The highest BCUT2D eigenvalue weighted by molar-refractivity contribution is 5.77. The molecule has 0 bridgehead atoms. The van der Waals surface area contributed by atoms with Crippen LogP contribution in [0.15, 0.2) is 182 Å². The van der Waals surface area contributed by atoms with Crippen molar-refractivity contribution in [1.82, 2.24) is 29.9 Å². The fourth-order valence-corrected chi connectivity index (χ4v) is 9.53. The van der Waals surface area contributed by atoms with Crippen molar-refractivity contribution in [3.63, 3.8) is 0 Å². The maximum absolute atomic E-state index is 12.2. The van der Waals surface area contributed by atoms with Crippen molar-refractivity contribution >= 4 is 5.97 Å². The predicted octanol–water partition coefficient (Wildman–Crippen LogP) is 17.6. The van der Waals surface area contributed by atoms with Gasteiger partial charge in [0.05, 0.1) is 55.3 Å². The largest absolute Gasteiger partial charge is 0.507 e. The number of nitrogens with zero attached hydrogens (tertiary/aromatic N) is 6. The lowest BCUT2D eigenvalue weighted by Crippen LogP contribution is -2.26. The van der Waals surface area contributed by atoms with E-state index in [1.54, 1.807) is 55.5 Å². The highest BCUT2D eigenvalue weighted by atomic mass is 16.6. The zero-order valence-corrected chi connectivity index (χ0v) is 53.2. The second-order valence-corrected chi connectivity index (χ2v) is 21.9. The van der Waals surface area contributed by atoms with E-state index < -0.39 is 12.1 Å². The van der Waals surface area contributed by atoms with Gasteiger partial charge >= 0.3 is 5.97 Å². The summed E-state index contributed by atoms with van der Waals surface area (Å²) in [6.45, 7) is 14.5. The third-order valence-corrected chi connectivity index (χ3v) is 14.7. The van der Waals surface area contributed by atoms with Crippen LogP contribution in [0.3, 0.4) is 0 Å². The lowest BCUT2D eigenvalue weighted by atomic mass is 10.0. The number of ether oxygens (including phenoxy) is 6. The molecule has 2 aromatic heterocycles. The van der Waals surface area contributed by atoms with Crippen LogP contribution in [0.4, 0.5) is 0 Å². The number of hydrogen-bond donors (Lipinski definition) is 3. The van der Waals surface area contributed by atoms with Crippen molar-refractivity contribution in [2.45, 2.75) is 105 Å². The fourth-order valence-electron chi connectivity index (χ4n) is 9.53. The number of rotatable bonds is 29. The molecule has 10 rings (SSSR count). The molecule has 16 heteroatoms. The number of phenols is 3. The van der Waals surface area contributed by atoms with Crippen LogP contribution < -0.4 is 23.7 Å².